The Labute approximate surface area is 218 Å². The van der Waals surface area contributed by atoms with E-state index in [2.05, 4.69) is 31.4 Å². The third-order valence-electron chi connectivity index (χ3n) is 5.61. The van der Waals surface area contributed by atoms with Crippen LogP contribution in [0.15, 0.2) is 91.8 Å². The number of carbonyl (C=O) groups is 1. The first-order chi connectivity index (χ1) is 17.4. The molecule has 1 N–H and O–H groups in total. The predicted octanol–water partition coefficient (Wildman–Crippen LogP) is 4.82. The number of nitrogens with zero attached hydrogens (tertiary/aromatic N) is 5. The van der Waals surface area contributed by atoms with Gasteiger partial charge in [0.1, 0.15) is 5.69 Å². The van der Waals surface area contributed by atoms with Gasteiger partial charge in [-0.05, 0) is 55.5 Å². The smallest absolute Gasteiger partial charge is 0.295 e. The Morgan fingerprint density at radius 1 is 1.03 bits per heavy atom. The van der Waals surface area contributed by atoms with Crippen LogP contribution in [-0.2, 0) is 11.8 Å². The molecule has 2 aromatic carbocycles. The van der Waals surface area contributed by atoms with Gasteiger partial charge in [-0.3, -0.25) is 18.8 Å². The van der Waals surface area contributed by atoms with Crippen molar-refractivity contribution in [2.24, 2.45) is 7.05 Å². The molecular formula is C25H21BrN6O3S. The van der Waals surface area contributed by atoms with Gasteiger partial charge in [-0.1, -0.05) is 45.9 Å². The van der Waals surface area contributed by atoms with Gasteiger partial charge in [0.05, 0.1) is 23.4 Å². The molecule has 3 heterocycles. The summed E-state index contributed by atoms with van der Waals surface area (Å²) in [5.41, 5.74) is 2.15. The molecule has 0 saturated heterocycles. The molecule has 11 heteroatoms. The molecule has 36 heavy (non-hydrogen) atoms. The average Bonchev–Trinajstić information content (AvgIpc) is 3.60. The number of amides is 1. The summed E-state index contributed by atoms with van der Waals surface area (Å²) in [6, 6.07) is 20.5. The number of rotatable bonds is 7. The Kier molecular flexibility index (Phi) is 6.66. The Balaban J connectivity index is 1.39. The summed E-state index contributed by atoms with van der Waals surface area (Å²) in [7, 11) is 1.78. The van der Waals surface area contributed by atoms with Crippen molar-refractivity contribution in [3.8, 4) is 23.0 Å². The summed E-state index contributed by atoms with van der Waals surface area (Å²) in [6.07, 6.45) is 1.57. The van der Waals surface area contributed by atoms with E-state index in [1.165, 1.54) is 16.4 Å². The number of anilines is 1. The van der Waals surface area contributed by atoms with Gasteiger partial charge in [0, 0.05) is 17.2 Å². The van der Waals surface area contributed by atoms with Crippen LogP contribution < -0.4 is 10.9 Å². The Morgan fingerprint density at radius 2 is 1.78 bits per heavy atom. The molecule has 0 bridgehead atoms. The van der Waals surface area contributed by atoms with Crippen LogP contribution in [0.25, 0.3) is 23.0 Å². The van der Waals surface area contributed by atoms with Crippen LogP contribution in [0, 0.1) is 6.92 Å². The average molecular weight is 565 g/mol. The predicted molar refractivity (Wildman–Crippen MR) is 142 cm³/mol. The van der Waals surface area contributed by atoms with Crippen LogP contribution in [0.5, 0.6) is 0 Å². The summed E-state index contributed by atoms with van der Waals surface area (Å²) in [6.45, 7) is 1.80. The first-order valence-electron chi connectivity index (χ1n) is 11.0. The largest absolute Gasteiger partial charge is 0.461 e. The van der Waals surface area contributed by atoms with E-state index in [4.69, 9.17) is 4.42 Å². The molecule has 182 valence electrons. The Bertz CT molecular complexity index is 1570. The van der Waals surface area contributed by atoms with E-state index in [0.717, 1.165) is 15.8 Å². The third kappa shape index (κ3) is 4.54. The second kappa shape index (κ2) is 10.0. The van der Waals surface area contributed by atoms with Crippen LogP contribution >= 0.6 is 27.7 Å². The molecule has 3 aromatic heterocycles. The van der Waals surface area contributed by atoms with Gasteiger partial charge in [0.2, 0.25) is 11.7 Å². The molecule has 5 rings (SSSR count). The molecular weight excluding hydrogens is 544 g/mol. The first-order valence-corrected chi connectivity index (χ1v) is 12.7. The number of carbonyl (C=O) groups excluding carboxylic acids is 1. The van der Waals surface area contributed by atoms with Crippen molar-refractivity contribution in [3.63, 3.8) is 0 Å². The highest BCUT2D eigenvalue weighted by Gasteiger charge is 2.21. The zero-order chi connectivity index (χ0) is 25.2. The number of hydrogen-bond donors (Lipinski definition) is 1. The van der Waals surface area contributed by atoms with Gasteiger partial charge >= 0.3 is 0 Å². The molecule has 5 aromatic rings. The molecule has 0 unspecified atom stereocenters. The van der Waals surface area contributed by atoms with Crippen molar-refractivity contribution in [1.82, 2.24) is 24.1 Å². The number of benzene rings is 2. The lowest BCUT2D eigenvalue weighted by atomic mass is 10.3. The van der Waals surface area contributed by atoms with Crippen LogP contribution in [-0.4, -0.2) is 35.8 Å². The molecule has 0 aliphatic rings. The number of hydrogen-bond acceptors (Lipinski definition) is 6. The summed E-state index contributed by atoms with van der Waals surface area (Å²) in [4.78, 5) is 26.0. The highest BCUT2D eigenvalue weighted by molar-refractivity contribution is 9.10. The van der Waals surface area contributed by atoms with Gasteiger partial charge < -0.3 is 9.73 Å². The molecule has 0 atom stereocenters. The minimum Gasteiger partial charge on any atom is -0.461 e. The number of aromatic nitrogens is 5. The van der Waals surface area contributed by atoms with Crippen LogP contribution in [0.2, 0.25) is 0 Å². The Hall–Kier alpha value is -3.83. The van der Waals surface area contributed by atoms with E-state index in [-0.39, 0.29) is 22.9 Å². The van der Waals surface area contributed by atoms with Crippen molar-refractivity contribution in [3.05, 3.63) is 93.5 Å². The van der Waals surface area contributed by atoms with E-state index < -0.39 is 0 Å². The zero-order valence-electron chi connectivity index (χ0n) is 19.4. The minimum absolute atomic E-state index is 0.0337. The number of nitrogens with one attached hydrogen (secondary N) is 1. The molecule has 0 radical (unpaired) electrons. The molecule has 1 amide bonds. The van der Waals surface area contributed by atoms with E-state index in [9.17, 15) is 9.59 Å². The molecule has 0 aliphatic heterocycles. The highest BCUT2D eigenvalue weighted by Crippen LogP contribution is 2.29. The fourth-order valence-electron chi connectivity index (χ4n) is 3.77. The summed E-state index contributed by atoms with van der Waals surface area (Å²) >= 11 is 4.67. The van der Waals surface area contributed by atoms with Crippen LogP contribution in [0.1, 0.15) is 5.69 Å². The second-order valence-corrected chi connectivity index (χ2v) is 9.73. The maximum atomic E-state index is 13.1. The lowest BCUT2D eigenvalue weighted by molar-refractivity contribution is -0.113. The SMILES string of the molecule is Cc1c(NC(=O)CSc2nnc(-c3ccco3)n2-c2ccc(Br)cc2)c(=O)n(-c2ccccc2)n1C. The number of furan rings is 1. The van der Waals surface area contributed by atoms with E-state index >= 15 is 0 Å². The molecule has 0 fully saturated rings. The van der Waals surface area contributed by atoms with E-state index in [1.54, 1.807) is 37.0 Å². The standard InChI is InChI=1S/C25H21BrN6O3S/c1-16-22(24(34)32(30(16)2)19-7-4-3-5-8-19)27-21(33)15-36-25-29-28-23(20-9-6-14-35-20)31(25)18-12-10-17(26)11-13-18/h3-14H,15H2,1-2H3,(H,27,33). The fraction of sp³-hybridized carbons (Fsp3) is 0.120. The number of thioether (sulfide) groups is 1. The monoisotopic (exact) mass is 564 g/mol. The van der Waals surface area contributed by atoms with Crippen molar-refractivity contribution in [2.75, 3.05) is 11.1 Å². The maximum Gasteiger partial charge on any atom is 0.295 e. The Morgan fingerprint density at radius 3 is 2.47 bits per heavy atom. The first kappa shape index (κ1) is 23.9. The van der Waals surface area contributed by atoms with Crippen LogP contribution in [0.3, 0.4) is 0 Å². The van der Waals surface area contributed by atoms with E-state index in [0.29, 0.717) is 22.4 Å². The summed E-state index contributed by atoms with van der Waals surface area (Å²) in [5.74, 6) is 0.792. The third-order valence-corrected chi connectivity index (χ3v) is 7.07. The minimum atomic E-state index is -0.323. The second-order valence-electron chi connectivity index (χ2n) is 7.87. The highest BCUT2D eigenvalue weighted by atomic mass is 79.9. The van der Waals surface area contributed by atoms with Crippen molar-refractivity contribution in [2.45, 2.75) is 12.1 Å². The van der Waals surface area contributed by atoms with Crippen molar-refractivity contribution < 1.29 is 9.21 Å². The van der Waals surface area contributed by atoms with Gasteiger partial charge in [0.25, 0.3) is 5.56 Å². The van der Waals surface area contributed by atoms with Gasteiger partial charge in [-0.15, -0.1) is 10.2 Å². The molecule has 9 nitrogen and oxygen atoms in total. The summed E-state index contributed by atoms with van der Waals surface area (Å²) in [5, 5.41) is 11.9. The van der Waals surface area contributed by atoms with Gasteiger partial charge in [-0.2, -0.15) is 0 Å². The molecule has 0 spiro atoms. The molecule has 0 saturated carbocycles. The van der Waals surface area contributed by atoms with Crippen molar-refractivity contribution >= 4 is 39.3 Å². The normalized spacial score (nSPS) is 11.1. The lowest BCUT2D eigenvalue weighted by Gasteiger charge is -2.09. The lowest BCUT2D eigenvalue weighted by Crippen LogP contribution is -2.23. The van der Waals surface area contributed by atoms with Gasteiger partial charge in [-0.25, -0.2) is 4.68 Å². The fourth-order valence-corrected chi connectivity index (χ4v) is 4.79. The quantitative estimate of drug-likeness (QED) is 0.284. The van der Waals surface area contributed by atoms with Gasteiger partial charge in [0.15, 0.2) is 10.9 Å². The van der Waals surface area contributed by atoms with Crippen molar-refractivity contribution in [1.29, 1.82) is 0 Å². The summed E-state index contributed by atoms with van der Waals surface area (Å²) < 4.78 is 11.6. The maximum absolute atomic E-state index is 13.1. The zero-order valence-corrected chi connectivity index (χ0v) is 21.8. The number of halogens is 1. The van der Waals surface area contributed by atoms with Crippen LogP contribution in [0.4, 0.5) is 5.69 Å². The topological polar surface area (TPSA) is 99.9 Å². The molecule has 0 aliphatic carbocycles. The van der Waals surface area contributed by atoms with E-state index in [1.807, 2.05) is 59.2 Å². The number of para-hydroxylation sites is 1.